The number of halogens is 2. The molecule has 2 nitrogen and oxygen atoms in total. The molecule has 0 spiro atoms. The van der Waals surface area contributed by atoms with E-state index in [0.29, 0.717) is 21.1 Å². The maximum absolute atomic E-state index is 9.02. The fourth-order valence-corrected chi connectivity index (χ4v) is 1.81. The van der Waals surface area contributed by atoms with Crippen LogP contribution in [0.3, 0.4) is 0 Å². The van der Waals surface area contributed by atoms with Gasteiger partial charge in [0.2, 0.25) is 0 Å². The first-order valence-corrected chi connectivity index (χ1v) is 5.35. The lowest BCUT2D eigenvalue weighted by Crippen LogP contribution is -1.96. The van der Waals surface area contributed by atoms with Gasteiger partial charge in [0.1, 0.15) is 0 Å². The second-order valence-electron chi connectivity index (χ2n) is 3.22. The second kappa shape index (κ2) is 3.56. The molecule has 1 aromatic heterocycles. The maximum Gasteiger partial charge on any atom is 0.0865 e. The van der Waals surface area contributed by atoms with E-state index in [0.717, 1.165) is 5.69 Å². The third-order valence-electron chi connectivity index (χ3n) is 2.15. The summed E-state index contributed by atoms with van der Waals surface area (Å²) in [5.41, 5.74) is 1.65. The quantitative estimate of drug-likeness (QED) is 0.889. The molecule has 0 unspecified atom stereocenters. The standard InChI is InChI=1S/C9H9BrClNO/c10-9-6(11)3-7(5-1-2-5)12-8(9)4-13/h3,5,13H,1-2,4H2. The molecule has 0 saturated heterocycles. The number of aliphatic hydroxyl groups is 1. The Hall–Kier alpha value is -0.120. The number of rotatable bonds is 2. The zero-order valence-electron chi connectivity index (χ0n) is 6.93. The number of nitrogens with zero attached hydrogens (tertiary/aromatic N) is 1. The van der Waals surface area contributed by atoms with Crippen LogP contribution in [0.25, 0.3) is 0 Å². The Labute approximate surface area is 90.1 Å². The molecule has 0 bridgehead atoms. The maximum atomic E-state index is 9.02. The highest BCUT2D eigenvalue weighted by molar-refractivity contribution is 9.10. The molecule has 0 aliphatic heterocycles. The first-order chi connectivity index (χ1) is 6.22. The van der Waals surface area contributed by atoms with E-state index in [-0.39, 0.29) is 6.61 Å². The van der Waals surface area contributed by atoms with Crippen molar-refractivity contribution in [3.05, 3.63) is 26.9 Å². The van der Waals surface area contributed by atoms with Crippen molar-refractivity contribution in [2.75, 3.05) is 0 Å². The van der Waals surface area contributed by atoms with Gasteiger partial charge in [-0.05, 0) is 34.8 Å². The predicted molar refractivity (Wildman–Crippen MR) is 54.8 cm³/mol. The highest BCUT2D eigenvalue weighted by Gasteiger charge is 2.26. The minimum atomic E-state index is -0.0686. The average molecular weight is 263 g/mol. The zero-order chi connectivity index (χ0) is 9.42. The number of pyridine rings is 1. The largest absolute Gasteiger partial charge is 0.390 e. The van der Waals surface area contributed by atoms with Crippen LogP contribution in [0.2, 0.25) is 5.02 Å². The third-order valence-corrected chi connectivity index (χ3v) is 3.56. The molecule has 70 valence electrons. The SMILES string of the molecule is OCc1nc(C2CC2)cc(Cl)c1Br. The van der Waals surface area contributed by atoms with Crippen LogP contribution in [0.5, 0.6) is 0 Å². The number of hydrogen-bond donors (Lipinski definition) is 1. The van der Waals surface area contributed by atoms with E-state index in [4.69, 9.17) is 16.7 Å². The van der Waals surface area contributed by atoms with Crippen molar-refractivity contribution in [3.8, 4) is 0 Å². The predicted octanol–water partition coefficient (Wildman–Crippen LogP) is 2.87. The number of aromatic nitrogens is 1. The average Bonchev–Trinajstić information content (AvgIpc) is 2.92. The van der Waals surface area contributed by atoms with E-state index in [2.05, 4.69) is 20.9 Å². The van der Waals surface area contributed by atoms with Gasteiger partial charge in [-0.2, -0.15) is 0 Å². The third kappa shape index (κ3) is 1.87. The van der Waals surface area contributed by atoms with Crippen molar-refractivity contribution >= 4 is 27.5 Å². The first kappa shape index (κ1) is 9.44. The van der Waals surface area contributed by atoms with Gasteiger partial charge in [-0.15, -0.1) is 0 Å². The minimum absolute atomic E-state index is 0.0686. The van der Waals surface area contributed by atoms with Crippen molar-refractivity contribution in [3.63, 3.8) is 0 Å². The molecular formula is C9H9BrClNO. The van der Waals surface area contributed by atoms with Gasteiger partial charge in [-0.25, -0.2) is 0 Å². The first-order valence-electron chi connectivity index (χ1n) is 4.18. The summed E-state index contributed by atoms with van der Waals surface area (Å²) in [5.74, 6) is 0.566. The van der Waals surface area contributed by atoms with E-state index in [9.17, 15) is 0 Å². The van der Waals surface area contributed by atoms with Gasteiger partial charge in [0.25, 0.3) is 0 Å². The Bertz CT molecular complexity index is 339. The van der Waals surface area contributed by atoms with Crippen LogP contribution in [0.15, 0.2) is 10.5 Å². The lowest BCUT2D eigenvalue weighted by molar-refractivity contribution is 0.275. The van der Waals surface area contributed by atoms with Crippen LogP contribution in [-0.4, -0.2) is 10.1 Å². The summed E-state index contributed by atoms with van der Waals surface area (Å²) in [6, 6.07) is 1.88. The fraction of sp³-hybridized carbons (Fsp3) is 0.444. The zero-order valence-corrected chi connectivity index (χ0v) is 9.27. The molecule has 1 heterocycles. The molecular weight excluding hydrogens is 253 g/mol. The molecule has 0 amide bonds. The van der Waals surface area contributed by atoms with E-state index in [1.54, 1.807) is 0 Å². The van der Waals surface area contributed by atoms with Crippen molar-refractivity contribution in [2.24, 2.45) is 0 Å². The Morgan fingerprint density at radius 3 is 2.85 bits per heavy atom. The van der Waals surface area contributed by atoms with Gasteiger partial charge in [-0.3, -0.25) is 4.98 Å². The summed E-state index contributed by atoms with van der Waals surface area (Å²) in [7, 11) is 0. The topological polar surface area (TPSA) is 33.1 Å². The molecule has 0 radical (unpaired) electrons. The Morgan fingerprint density at radius 1 is 1.62 bits per heavy atom. The van der Waals surface area contributed by atoms with E-state index < -0.39 is 0 Å². The molecule has 1 aliphatic rings. The molecule has 2 rings (SSSR count). The summed E-state index contributed by atoms with van der Waals surface area (Å²) < 4.78 is 0.709. The van der Waals surface area contributed by atoms with Gasteiger partial charge >= 0.3 is 0 Å². The lowest BCUT2D eigenvalue weighted by Gasteiger charge is -2.05. The molecule has 1 aromatic rings. The van der Waals surface area contributed by atoms with Crippen molar-refractivity contribution in [2.45, 2.75) is 25.4 Å². The number of hydrogen-bond acceptors (Lipinski definition) is 2. The molecule has 1 aliphatic carbocycles. The smallest absolute Gasteiger partial charge is 0.0865 e. The van der Waals surface area contributed by atoms with Gasteiger partial charge < -0.3 is 5.11 Å². The highest BCUT2D eigenvalue weighted by Crippen LogP contribution is 2.41. The summed E-state index contributed by atoms with van der Waals surface area (Å²) in [6.45, 7) is -0.0686. The summed E-state index contributed by atoms with van der Waals surface area (Å²) in [4.78, 5) is 4.33. The summed E-state index contributed by atoms with van der Waals surface area (Å²) in [6.07, 6.45) is 2.38. The Balaban J connectivity index is 2.43. The van der Waals surface area contributed by atoms with Crippen molar-refractivity contribution < 1.29 is 5.11 Å². The van der Waals surface area contributed by atoms with Crippen LogP contribution < -0.4 is 0 Å². The van der Waals surface area contributed by atoms with E-state index in [1.807, 2.05) is 6.07 Å². The van der Waals surface area contributed by atoms with Gasteiger partial charge in [0.15, 0.2) is 0 Å². The fourth-order valence-electron chi connectivity index (χ4n) is 1.26. The molecule has 1 N–H and O–H groups in total. The van der Waals surface area contributed by atoms with Gasteiger partial charge in [0.05, 0.1) is 21.8 Å². The van der Waals surface area contributed by atoms with Crippen LogP contribution in [-0.2, 0) is 6.61 Å². The Kier molecular flexibility index (Phi) is 2.58. The van der Waals surface area contributed by atoms with Crippen molar-refractivity contribution in [1.82, 2.24) is 4.98 Å². The molecule has 1 fully saturated rings. The number of aliphatic hydroxyl groups excluding tert-OH is 1. The molecule has 1 saturated carbocycles. The van der Waals surface area contributed by atoms with E-state index >= 15 is 0 Å². The van der Waals surface area contributed by atoms with Gasteiger partial charge in [-0.1, -0.05) is 11.6 Å². The molecule has 13 heavy (non-hydrogen) atoms. The lowest BCUT2D eigenvalue weighted by atomic mass is 10.2. The van der Waals surface area contributed by atoms with Crippen LogP contribution >= 0.6 is 27.5 Å². The molecule has 0 atom stereocenters. The van der Waals surface area contributed by atoms with Gasteiger partial charge in [0, 0.05) is 11.6 Å². The summed E-state index contributed by atoms with van der Waals surface area (Å²) in [5, 5.41) is 9.66. The normalized spacial score (nSPS) is 16.2. The highest BCUT2D eigenvalue weighted by atomic mass is 79.9. The monoisotopic (exact) mass is 261 g/mol. The molecule has 0 aromatic carbocycles. The minimum Gasteiger partial charge on any atom is -0.390 e. The molecule has 4 heteroatoms. The van der Waals surface area contributed by atoms with Crippen LogP contribution in [0, 0.1) is 0 Å². The van der Waals surface area contributed by atoms with Crippen LogP contribution in [0.4, 0.5) is 0 Å². The van der Waals surface area contributed by atoms with E-state index in [1.165, 1.54) is 12.8 Å². The Morgan fingerprint density at radius 2 is 2.31 bits per heavy atom. The second-order valence-corrected chi connectivity index (χ2v) is 4.42. The summed E-state index contributed by atoms with van der Waals surface area (Å²) >= 11 is 9.26. The van der Waals surface area contributed by atoms with Crippen LogP contribution in [0.1, 0.15) is 30.1 Å². The van der Waals surface area contributed by atoms with Crippen molar-refractivity contribution in [1.29, 1.82) is 0 Å².